The van der Waals surface area contributed by atoms with Crippen molar-refractivity contribution in [3.05, 3.63) is 82.0 Å². The van der Waals surface area contributed by atoms with Gasteiger partial charge in [-0.1, -0.05) is 72.4 Å². The van der Waals surface area contributed by atoms with Crippen molar-refractivity contribution in [3.63, 3.8) is 0 Å². The number of thioether (sulfide) groups is 1. The number of thiophene rings is 1. The molecule has 0 fully saturated rings. The molecule has 29 heavy (non-hydrogen) atoms. The molecule has 2 N–H and O–H groups in total. The van der Waals surface area contributed by atoms with E-state index in [1.54, 1.807) is 0 Å². The molecule has 7 heteroatoms. The summed E-state index contributed by atoms with van der Waals surface area (Å²) in [7, 11) is 0. The summed E-state index contributed by atoms with van der Waals surface area (Å²) in [5.74, 6) is 0.130. The molecule has 0 radical (unpaired) electrons. The van der Waals surface area contributed by atoms with Crippen molar-refractivity contribution < 1.29 is 4.79 Å². The second kappa shape index (κ2) is 9.07. The molecule has 1 amide bonds. The number of carbonyl (C=O) groups is 1. The standard InChI is InChI=1S/C22H19N3O2S2/c26-18(23-12-11-15-7-3-1-4-8-15)14-29-22-24-20(27)19-17(13-28-21(19)25-22)16-9-5-2-6-10-16/h1-10,13H,11-12,14H2,(H,23,26)(H,24,25,27). The highest BCUT2D eigenvalue weighted by Gasteiger charge is 2.13. The summed E-state index contributed by atoms with van der Waals surface area (Å²) in [4.78, 5) is 32.7. The minimum Gasteiger partial charge on any atom is -0.355 e. The van der Waals surface area contributed by atoms with Crippen LogP contribution < -0.4 is 10.9 Å². The molecule has 0 bridgehead atoms. The summed E-state index contributed by atoms with van der Waals surface area (Å²) in [5, 5.41) is 5.91. The highest BCUT2D eigenvalue weighted by molar-refractivity contribution is 7.99. The summed E-state index contributed by atoms with van der Waals surface area (Å²) in [6.07, 6.45) is 0.787. The van der Waals surface area contributed by atoms with Crippen LogP contribution in [0.15, 0.2) is 76.0 Å². The predicted molar refractivity (Wildman–Crippen MR) is 120 cm³/mol. The summed E-state index contributed by atoms with van der Waals surface area (Å²) in [6.45, 7) is 0.581. The minimum absolute atomic E-state index is 0.0789. The van der Waals surface area contributed by atoms with Crippen LogP contribution in [-0.2, 0) is 11.2 Å². The van der Waals surface area contributed by atoms with E-state index in [1.807, 2.05) is 66.0 Å². The average Bonchev–Trinajstić information content (AvgIpc) is 3.18. The third kappa shape index (κ3) is 4.75. The fourth-order valence-electron chi connectivity index (χ4n) is 3.00. The lowest BCUT2D eigenvalue weighted by atomic mass is 10.1. The molecule has 5 nitrogen and oxygen atoms in total. The van der Waals surface area contributed by atoms with E-state index < -0.39 is 0 Å². The van der Waals surface area contributed by atoms with Gasteiger partial charge < -0.3 is 10.3 Å². The van der Waals surface area contributed by atoms with Crippen LogP contribution in [0.1, 0.15) is 5.56 Å². The van der Waals surface area contributed by atoms with E-state index in [1.165, 1.54) is 28.7 Å². The number of hydrogen-bond donors (Lipinski definition) is 2. The lowest BCUT2D eigenvalue weighted by Crippen LogP contribution is -2.27. The van der Waals surface area contributed by atoms with Crippen LogP contribution in [0.25, 0.3) is 21.3 Å². The number of carbonyl (C=O) groups excluding carboxylic acids is 1. The Hall–Kier alpha value is -2.90. The molecular weight excluding hydrogens is 402 g/mol. The molecule has 2 heterocycles. The normalized spacial score (nSPS) is 10.9. The number of rotatable bonds is 7. The third-order valence-corrected chi connectivity index (χ3v) is 6.17. The Labute approximate surface area is 176 Å². The Morgan fingerprint density at radius 1 is 1.07 bits per heavy atom. The quantitative estimate of drug-likeness (QED) is 0.348. The van der Waals surface area contributed by atoms with Gasteiger partial charge in [-0.15, -0.1) is 11.3 Å². The fraction of sp³-hybridized carbons (Fsp3) is 0.136. The molecule has 0 aliphatic rings. The largest absolute Gasteiger partial charge is 0.355 e. The van der Waals surface area contributed by atoms with Gasteiger partial charge in [-0.3, -0.25) is 9.59 Å². The Balaban J connectivity index is 1.39. The van der Waals surface area contributed by atoms with Gasteiger partial charge >= 0.3 is 0 Å². The summed E-state index contributed by atoms with van der Waals surface area (Å²) in [6, 6.07) is 19.8. The van der Waals surface area contributed by atoms with Crippen molar-refractivity contribution in [2.45, 2.75) is 11.6 Å². The molecule has 0 aliphatic carbocycles. The zero-order chi connectivity index (χ0) is 20.1. The maximum Gasteiger partial charge on any atom is 0.260 e. The Kier molecular flexibility index (Phi) is 6.07. The molecular formula is C22H19N3O2S2. The van der Waals surface area contributed by atoms with E-state index in [-0.39, 0.29) is 17.2 Å². The van der Waals surface area contributed by atoms with E-state index in [2.05, 4.69) is 15.3 Å². The Morgan fingerprint density at radius 3 is 2.55 bits per heavy atom. The van der Waals surface area contributed by atoms with Gasteiger partial charge in [0.25, 0.3) is 5.56 Å². The molecule has 0 saturated heterocycles. The van der Waals surface area contributed by atoms with Crippen molar-refractivity contribution in [1.29, 1.82) is 0 Å². The molecule has 0 unspecified atom stereocenters. The monoisotopic (exact) mass is 421 g/mol. The number of H-pyrrole nitrogens is 1. The third-order valence-electron chi connectivity index (χ3n) is 4.43. The lowest BCUT2D eigenvalue weighted by molar-refractivity contribution is -0.118. The Bertz CT molecular complexity index is 1170. The van der Waals surface area contributed by atoms with Crippen LogP contribution in [0.5, 0.6) is 0 Å². The van der Waals surface area contributed by atoms with E-state index in [4.69, 9.17) is 0 Å². The van der Waals surface area contributed by atoms with Crippen LogP contribution in [0.3, 0.4) is 0 Å². The van der Waals surface area contributed by atoms with Gasteiger partial charge in [0, 0.05) is 17.5 Å². The van der Waals surface area contributed by atoms with Crippen LogP contribution in [0, 0.1) is 0 Å². The topological polar surface area (TPSA) is 74.8 Å². The van der Waals surface area contributed by atoms with E-state index in [0.29, 0.717) is 21.9 Å². The second-order valence-corrected chi connectivity index (χ2v) is 8.26. The molecule has 4 rings (SSSR count). The summed E-state index contributed by atoms with van der Waals surface area (Å²) < 4.78 is 0. The highest BCUT2D eigenvalue weighted by atomic mass is 32.2. The van der Waals surface area contributed by atoms with Crippen LogP contribution in [0.2, 0.25) is 0 Å². The van der Waals surface area contributed by atoms with Gasteiger partial charge in [0.05, 0.1) is 11.1 Å². The van der Waals surface area contributed by atoms with Crippen LogP contribution in [-0.4, -0.2) is 28.2 Å². The zero-order valence-electron chi connectivity index (χ0n) is 15.6. The number of aromatic nitrogens is 2. The van der Waals surface area contributed by atoms with Gasteiger partial charge in [0.2, 0.25) is 5.91 Å². The van der Waals surface area contributed by atoms with E-state index in [0.717, 1.165) is 17.5 Å². The summed E-state index contributed by atoms with van der Waals surface area (Å²) in [5.41, 5.74) is 2.88. The van der Waals surface area contributed by atoms with E-state index in [9.17, 15) is 9.59 Å². The first-order valence-corrected chi connectivity index (χ1v) is 11.1. The summed E-state index contributed by atoms with van der Waals surface area (Å²) >= 11 is 2.67. The van der Waals surface area contributed by atoms with Gasteiger partial charge in [-0.25, -0.2) is 4.98 Å². The molecule has 0 aliphatic heterocycles. The number of nitrogens with zero attached hydrogens (tertiary/aromatic N) is 1. The fourth-order valence-corrected chi connectivity index (χ4v) is 4.70. The van der Waals surface area contributed by atoms with E-state index >= 15 is 0 Å². The van der Waals surface area contributed by atoms with Crippen molar-refractivity contribution in [1.82, 2.24) is 15.3 Å². The Morgan fingerprint density at radius 2 is 1.79 bits per heavy atom. The number of hydrogen-bond acceptors (Lipinski definition) is 5. The molecule has 0 atom stereocenters. The van der Waals surface area contributed by atoms with Crippen LogP contribution >= 0.6 is 23.1 Å². The first kappa shape index (κ1) is 19.4. The number of fused-ring (bicyclic) bond motifs is 1. The minimum atomic E-state index is -0.179. The average molecular weight is 422 g/mol. The first-order valence-electron chi connectivity index (χ1n) is 9.21. The lowest BCUT2D eigenvalue weighted by Gasteiger charge is -2.05. The molecule has 0 saturated carbocycles. The van der Waals surface area contributed by atoms with Crippen molar-refractivity contribution in [3.8, 4) is 11.1 Å². The number of nitrogens with one attached hydrogen (secondary N) is 2. The predicted octanol–water partition coefficient (Wildman–Crippen LogP) is 4.10. The van der Waals surface area contributed by atoms with Crippen molar-refractivity contribution in [2.24, 2.45) is 0 Å². The van der Waals surface area contributed by atoms with Gasteiger partial charge in [0.1, 0.15) is 4.83 Å². The molecule has 4 aromatic rings. The van der Waals surface area contributed by atoms with Crippen molar-refractivity contribution in [2.75, 3.05) is 12.3 Å². The maximum atomic E-state index is 12.6. The molecule has 2 aromatic heterocycles. The van der Waals surface area contributed by atoms with Gasteiger partial charge in [0.15, 0.2) is 5.16 Å². The molecule has 0 spiro atoms. The smallest absolute Gasteiger partial charge is 0.260 e. The number of benzene rings is 2. The maximum absolute atomic E-state index is 12.6. The zero-order valence-corrected chi connectivity index (χ0v) is 17.2. The van der Waals surface area contributed by atoms with Crippen LogP contribution in [0.4, 0.5) is 0 Å². The van der Waals surface area contributed by atoms with Gasteiger partial charge in [-0.2, -0.15) is 0 Å². The SMILES string of the molecule is O=C(CSc1nc2scc(-c3ccccc3)c2c(=O)[nH]1)NCCc1ccccc1. The molecule has 2 aromatic carbocycles. The number of amides is 1. The number of aromatic amines is 1. The first-order chi connectivity index (χ1) is 14.2. The van der Waals surface area contributed by atoms with Gasteiger partial charge in [-0.05, 0) is 17.5 Å². The molecule has 146 valence electrons. The van der Waals surface area contributed by atoms with Crippen molar-refractivity contribution >= 4 is 39.2 Å². The second-order valence-electron chi connectivity index (χ2n) is 6.44. The highest BCUT2D eigenvalue weighted by Crippen LogP contribution is 2.31.